The molecule has 6 nitrogen and oxygen atoms in total. The highest BCUT2D eigenvalue weighted by molar-refractivity contribution is 6.39. The fourth-order valence-electron chi connectivity index (χ4n) is 4.96. The molecule has 1 amide bonds. The van der Waals surface area contributed by atoms with Gasteiger partial charge in [-0.2, -0.15) is 13.2 Å². The van der Waals surface area contributed by atoms with Crippen molar-refractivity contribution in [3.63, 3.8) is 0 Å². The standard InChI is InChI=1S/C29H31Cl2F3N4O2/c1-18-7-11-36-25(15-18)40-27(20-3-5-22(6-4-20)29(32,33)34)21-9-13-38(14-10-21)19(2)8-12-37-28(39)26-23(30)16-35-17-24(26)31/h3-7,11,15-17,19,21,27H,8-10,12-14H2,1-2H3,(H,37,39). The smallest absolute Gasteiger partial charge is 0.416 e. The highest BCUT2D eigenvalue weighted by atomic mass is 35.5. The largest absolute Gasteiger partial charge is 0.469 e. The number of ether oxygens (including phenoxy) is 1. The molecule has 1 aliphatic heterocycles. The number of likely N-dealkylation sites (tertiary alicyclic amines) is 1. The normalized spacial score (nSPS) is 16.4. The number of amides is 1. The highest BCUT2D eigenvalue weighted by Crippen LogP contribution is 2.37. The zero-order valence-electron chi connectivity index (χ0n) is 22.2. The number of nitrogens with zero attached hydrogens (tertiary/aromatic N) is 3. The van der Waals surface area contributed by atoms with Gasteiger partial charge < -0.3 is 15.0 Å². The summed E-state index contributed by atoms with van der Waals surface area (Å²) in [7, 11) is 0. The van der Waals surface area contributed by atoms with Crippen LogP contribution in [-0.4, -0.2) is 46.5 Å². The van der Waals surface area contributed by atoms with Gasteiger partial charge in [0.1, 0.15) is 6.10 Å². The molecule has 0 radical (unpaired) electrons. The maximum absolute atomic E-state index is 13.2. The molecule has 0 spiro atoms. The van der Waals surface area contributed by atoms with Crippen molar-refractivity contribution < 1.29 is 22.7 Å². The lowest BCUT2D eigenvalue weighted by molar-refractivity contribution is -0.137. The first kappa shape index (κ1) is 30.1. The van der Waals surface area contributed by atoms with E-state index in [0.717, 1.165) is 50.0 Å². The van der Waals surface area contributed by atoms with Crippen molar-refractivity contribution in [3.05, 3.63) is 87.3 Å². The number of hydrogen-bond donors (Lipinski definition) is 1. The van der Waals surface area contributed by atoms with Crippen LogP contribution in [0.2, 0.25) is 10.0 Å². The Kier molecular flexibility index (Phi) is 9.92. The van der Waals surface area contributed by atoms with Crippen LogP contribution in [0, 0.1) is 12.8 Å². The summed E-state index contributed by atoms with van der Waals surface area (Å²) in [6, 6.07) is 9.11. The number of carbonyl (C=O) groups excluding carboxylic acids is 1. The second kappa shape index (κ2) is 13.2. The van der Waals surface area contributed by atoms with Crippen LogP contribution in [0.4, 0.5) is 13.2 Å². The summed E-state index contributed by atoms with van der Waals surface area (Å²) in [5.74, 6) is 0.202. The van der Waals surface area contributed by atoms with E-state index in [2.05, 4.69) is 27.1 Å². The van der Waals surface area contributed by atoms with Gasteiger partial charge in [0.05, 0.1) is 21.2 Å². The summed E-state index contributed by atoms with van der Waals surface area (Å²) in [6.07, 6.45) is 1.93. The monoisotopic (exact) mass is 594 g/mol. The van der Waals surface area contributed by atoms with Crippen LogP contribution in [0.5, 0.6) is 5.88 Å². The number of hydrogen-bond acceptors (Lipinski definition) is 5. The fraction of sp³-hybridized carbons (Fsp3) is 0.414. The van der Waals surface area contributed by atoms with Gasteiger partial charge in [0.15, 0.2) is 0 Å². The molecule has 40 heavy (non-hydrogen) atoms. The molecule has 1 fully saturated rings. The first-order chi connectivity index (χ1) is 19.0. The molecule has 4 rings (SSSR count). The minimum Gasteiger partial charge on any atom is -0.469 e. The van der Waals surface area contributed by atoms with E-state index in [0.29, 0.717) is 18.0 Å². The van der Waals surface area contributed by atoms with Crippen LogP contribution in [0.25, 0.3) is 0 Å². The first-order valence-electron chi connectivity index (χ1n) is 13.1. The molecule has 11 heteroatoms. The van der Waals surface area contributed by atoms with E-state index in [9.17, 15) is 18.0 Å². The third-order valence-corrected chi connectivity index (χ3v) is 7.83. The fourth-order valence-corrected chi connectivity index (χ4v) is 5.49. The number of halogens is 5. The van der Waals surface area contributed by atoms with Crippen molar-refractivity contribution in [2.24, 2.45) is 5.92 Å². The Hall–Kier alpha value is -2.88. The predicted molar refractivity (Wildman–Crippen MR) is 149 cm³/mol. The van der Waals surface area contributed by atoms with Crippen LogP contribution >= 0.6 is 23.2 Å². The van der Waals surface area contributed by atoms with E-state index in [4.69, 9.17) is 27.9 Å². The molecule has 3 heterocycles. The lowest BCUT2D eigenvalue weighted by Crippen LogP contribution is -2.43. The number of aryl methyl sites for hydroxylation is 1. The maximum atomic E-state index is 13.2. The Morgan fingerprint density at radius 1 is 1.12 bits per heavy atom. The van der Waals surface area contributed by atoms with E-state index in [1.807, 2.05) is 19.1 Å². The van der Waals surface area contributed by atoms with Crippen molar-refractivity contribution in [2.45, 2.75) is 51.4 Å². The van der Waals surface area contributed by atoms with Crippen LogP contribution in [0.3, 0.4) is 0 Å². The summed E-state index contributed by atoms with van der Waals surface area (Å²) in [5, 5.41) is 3.28. The van der Waals surface area contributed by atoms with Gasteiger partial charge in [-0.15, -0.1) is 0 Å². The van der Waals surface area contributed by atoms with Gasteiger partial charge in [-0.05, 0) is 75.5 Å². The summed E-state index contributed by atoms with van der Waals surface area (Å²) in [5.41, 5.74) is 1.21. The third-order valence-electron chi connectivity index (χ3n) is 7.26. The van der Waals surface area contributed by atoms with Crippen molar-refractivity contribution in [1.29, 1.82) is 0 Å². The quantitative estimate of drug-likeness (QED) is 0.285. The molecule has 3 aromatic rings. The maximum Gasteiger partial charge on any atom is 0.416 e. The van der Waals surface area contributed by atoms with Crippen molar-refractivity contribution in [3.8, 4) is 5.88 Å². The van der Waals surface area contributed by atoms with E-state index in [-0.39, 0.29) is 33.5 Å². The minimum atomic E-state index is -4.40. The van der Waals surface area contributed by atoms with Gasteiger partial charge >= 0.3 is 6.18 Å². The van der Waals surface area contributed by atoms with Gasteiger partial charge in [0, 0.05) is 43.2 Å². The minimum absolute atomic E-state index is 0.0955. The lowest BCUT2D eigenvalue weighted by atomic mass is 9.86. The molecular formula is C29H31Cl2F3N4O2. The van der Waals surface area contributed by atoms with E-state index in [1.54, 1.807) is 6.20 Å². The molecule has 2 atom stereocenters. The van der Waals surface area contributed by atoms with Crippen molar-refractivity contribution >= 4 is 29.1 Å². The Bertz CT molecular complexity index is 1280. The zero-order valence-corrected chi connectivity index (χ0v) is 23.7. The van der Waals surface area contributed by atoms with Crippen LogP contribution in [0.1, 0.15) is 59.3 Å². The average Bonchev–Trinajstić information content (AvgIpc) is 2.91. The Morgan fingerprint density at radius 2 is 1.77 bits per heavy atom. The zero-order chi connectivity index (χ0) is 28.9. The number of aromatic nitrogens is 2. The van der Waals surface area contributed by atoms with E-state index < -0.39 is 17.8 Å². The first-order valence-corrected chi connectivity index (χ1v) is 13.9. The number of carbonyl (C=O) groups is 1. The van der Waals surface area contributed by atoms with Crippen molar-refractivity contribution in [2.75, 3.05) is 19.6 Å². The molecule has 1 aliphatic rings. The van der Waals surface area contributed by atoms with Gasteiger partial charge in [-0.1, -0.05) is 35.3 Å². The molecule has 0 saturated carbocycles. The molecule has 214 valence electrons. The molecule has 0 aliphatic carbocycles. The van der Waals surface area contributed by atoms with Gasteiger partial charge in [0.2, 0.25) is 5.88 Å². The number of piperidine rings is 1. The third kappa shape index (κ3) is 7.65. The lowest BCUT2D eigenvalue weighted by Gasteiger charge is -2.39. The molecule has 1 N–H and O–H groups in total. The number of rotatable bonds is 9. The van der Waals surface area contributed by atoms with Crippen LogP contribution < -0.4 is 10.1 Å². The van der Waals surface area contributed by atoms with Crippen LogP contribution in [0.15, 0.2) is 55.0 Å². The van der Waals surface area contributed by atoms with Gasteiger partial charge in [-0.25, -0.2) is 4.98 Å². The van der Waals surface area contributed by atoms with E-state index in [1.165, 1.54) is 24.5 Å². The second-order valence-corrected chi connectivity index (χ2v) is 10.9. The summed E-state index contributed by atoms with van der Waals surface area (Å²) < 4.78 is 45.8. The molecule has 1 aromatic carbocycles. The number of pyridine rings is 2. The molecule has 2 aromatic heterocycles. The summed E-state index contributed by atoms with van der Waals surface area (Å²) >= 11 is 12.2. The highest BCUT2D eigenvalue weighted by Gasteiger charge is 2.33. The topological polar surface area (TPSA) is 67.3 Å². The van der Waals surface area contributed by atoms with E-state index >= 15 is 0 Å². The SMILES string of the molecule is Cc1ccnc(OC(c2ccc(C(F)(F)F)cc2)C2CCN(C(C)CCNC(=O)c3c(Cl)cncc3Cl)CC2)c1. The van der Waals surface area contributed by atoms with Crippen LogP contribution in [-0.2, 0) is 6.18 Å². The van der Waals surface area contributed by atoms with Gasteiger partial charge in [-0.3, -0.25) is 9.78 Å². The Balaban J connectivity index is 1.37. The summed E-state index contributed by atoms with van der Waals surface area (Å²) in [6.45, 7) is 6.09. The molecule has 1 saturated heterocycles. The Morgan fingerprint density at radius 3 is 2.38 bits per heavy atom. The summed E-state index contributed by atoms with van der Waals surface area (Å²) in [4.78, 5) is 23.1. The molecule has 0 bridgehead atoms. The average molecular weight is 595 g/mol. The van der Waals surface area contributed by atoms with Crippen molar-refractivity contribution in [1.82, 2.24) is 20.2 Å². The number of nitrogens with one attached hydrogen (secondary N) is 1. The molecule has 2 unspecified atom stereocenters. The number of alkyl halides is 3. The predicted octanol–water partition coefficient (Wildman–Crippen LogP) is 7.15. The Labute approximate surface area is 241 Å². The molecular weight excluding hydrogens is 564 g/mol. The second-order valence-electron chi connectivity index (χ2n) is 10.1. The van der Waals surface area contributed by atoms with Gasteiger partial charge in [0.25, 0.3) is 5.91 Å². The number of benzene rings is 1.